The molecule has 43 heavy (non-hydrogen) atoms. The molecule has 0 bridgehead atoms. The molecule has 15 heteroatoms. The van der Waals surface area contributed by atoms with Gasteiger partial charge in [-0.05, 0) is 56.1 Å². The van der Waals surface area contributed by atoms with E-state index in [1.54, 1.807) is 9.47 Å². The van der Waals surface area contributed by atoms with E-state index in [0.717, 1.165) is 30.2 Å². The molecule has 11 nitrogen and oxygen atoms in total. The molecule has 0 saturated carbocycles. The number of halogens is 4. The lowest BCUT2D eigenvalue weighted by molar-refractivity contribution is -0.137. The van der Waals surface area contributed by atoms with Crippen LogP contribution < -0.4 is 16.2 Å². The van der Waals surface area contributed by atoms with Crippen LogP contribution in [-0.4, -0.2) is 62.6 Å². The maximum atomic E-state index is 13.8. The number of piperidine rings is 1. The normalized spacial score (nSPS) is 17.7. The van der Waals surface area contributed by atoms with Crippen molar-refractivity contribution in [2.24, 2.45) is 0 Å². The molecule has 1 aromatic carbocycles. The predicted molar refractivity (Wildman–Crippen MR) is 152 cm³/mol. The first kappa shape index (κ1) is 30.7. The van der Waals surface area contributed by atoms with Crippen LogP contribution in [0, 0.1) is 0 Å². The van der Waals surface area contributed by atoms with Gasteiger partial charge >= 0.3 is 6.18 Å². The molecular formula is C28H31ClF3N7O4. The summed E-state index contributed by atoms with van der Waals surface area (Å²) in [7, 11) is 0. The lowest BCUT2D eigenvalue weighted by Gasteiger charge is -2.33. The number of rotatable bonds is 5. The highest BCUT2D eigenvalue weighted by molar-refractivity contribution is 6.33. The van der Waals surface area contributed by atoms with E-state index in [1.807, 2.05) is 19.9 Å². The zero-order valence-corrected chi connectivity index (χ0v) is 24.4. The van der Waals surface area contributed by atoms with E-state index in [4.69, 9.17) is 16.3 Å². The number of aromatic nitrogens is 4. The largest absolute Gasteiger partial charge is 0.416 e. The number of hydrogen-bond donors (Lipinski definition) is 2. The molecule has 0 atom stereocenters. The number of alkyl halides is 3. The third-order valence-corrected chi connectivity index (χ3v) is 8.07. The Morgan fingerprint density at radius 2 is 2.00 bits per heavy atom. The molecule has 1 saturated heterocycles. The zero-order chi connectivity index (χ0) is 30.9. The summed E-state index contributed by atoms with van der Waals surface area (Å²) in [5.41, 5.74) is -0.433. The average Bonchev–Trinajstić information content (AvgIpc) is 3.61. The van der Waals surface area contributed by atoms with Crippen LogP contribution >= 0.6 is 11.6 Å². The van der Waals surface area contributed by atoms with Crippen molar-refractivity contribution in [3.8, 4) is 0 Å². The van der Waals surface area contributed by atoms with Gasteiger partial charge in [0.1, 0.15) is 12.1 Å². The van der Waals surface area contributed by atoms with Crippen molar-refractivity contribution >= 4 is 41.0 Å². The topological polar surface area (TPSA) is 123 Å². The Labute approximate surface area is 249 Å². The van der Waals surface area contributed by atoms with Gasteiger partial charge in [-0.1, -0.05) is 31.5 Å². The summed E-state index contributed by atoms with van der Waals surface area (Å²) in [6.45, 7) is 5.91. The van der Waals surface area contributed by atoms with Crippen molar-refractivity contribution in [2.75, 3.05) is 31.5 Å². The summed E-state index contributed by atoms with van der Waals surface area (Å²) in [4.78, 5) is 44.4. The second kappa shape index (κ2) is 12.1. The summed E-state index contributed by atoms with van der Waals surface area (Å²) in [6, 6.07) is 2.67. The number of amides is 2. The zero-order valence-electron chi connectivity index (χ0n) is 23.6. The number of nitrogens with zero attached hydrogens (tertiary/aromatic N) is 5. The number of benzene rings is 1. The molecule has 230 valence electrons. The molecule has 5 heterocycles. The number of carbonyl (C=O) groups excluding carboxylic acids is 2. The van der Waals surface area contributed by atoms with Gasteiger partial charge in [0, 0.05) is 13.1 Å². The van der Waals surface area contributed by atoms with Crippen LogP contribution in [0.5, 0.6) is 0 Å². The molecule has 0 unspecified atom stereocenters. The van der Waals surface area contributed by atoms with Crippen molar-refractivity contribution in [1.82, 2.24) is 29.4 Å². The van der Waals surface area contributed by atoms with Crippen LogP contribution in [0.25, 0.3) is 11.4 Å². The molecular weight excluding hydrogens is 591 g/mol. The Hall–Kier alpha value is -3.75. The maximum Gasteiger partial charge on any atom is 0.416 e. The molecule has 0 aliphatic carbocycles. The predicted octanol–water partition coefficient (Wildman–Crippen LogP) is 3.58. The minimum Gasteiger partial charge on any atom is -0.364 e. The summed E-state index contributed by atoms with van der Waals surface area (Å²) >= 11 is 6.05. The Balaban J connectivity index is 0.00000180. The summed E-state index contributed by atoms with van der Waals surface area (Å²) in [6.07, 6.45) is -0.381. The van der Waals surface area contributed by atoms with Crippen molar-refractivity contribution < 1.29 is 27.5 Å². The van der Waals surface area contributed by atoms with Crippen LogP contribution in [0.15, 0.2) is 29.1 Å². The first-order chi connectivity index (χ1) is 20.6. The Morgan fingerprint density at radius 3 is 2.63 bits per heavy atom. The van der Waals surface area contributed by atoms with Crippen LogP contribution in [-0.2, 0) is 39.3 Å². The van der Waals surface area contributed by atoms with Gasteiger partial charge in [-0.2, -0.15) is 22.7 Å². The quantitative estimate of drug-likeness (QED) is 0.418. The minimum absolute atomic E-state index is 0.0127. The van der Waals surface area contributed by atoms with Crippen LogP contribution in [0.3, 0.4) is 0 Å². The van der Waals surface area contributed by atoms with Gasteiger partial charge in [0.25, 0.3) is 5.56 Å². The molecule has 3 aromatic rings. The minimum atomic E-state index is -4.58. The van der Waals surface area contributed by atoms with Crippen molar-refractivity contribution in [2.45, 2.75) is 58.0 Å². The number of carbonyl (C=O) groups is 2. The Bertz CT molecular complexity index is 1640. The highest BCUT2D eigenvalue weighted by Gasteiger charge is 2.46. The molecule has 3 aliphatic rings. The van der Waals surface area contributed by atoms with E-state index in [2.05, 4.69) is 20.7 Å². The van der Waals surface area contributed by atoms with E-state index in [-0.39, 0.29) is 35.2 Å². The van der Waals surface area contributed by atoms with Gasteiger partial charge in [-0.3, -0.25) is 14.4 Å². The van der Waals surface area contributed by atoms with Gasteiger partial charge < -0.3 is 24.8 Å². The van der Waals surface area contributed by atoms with Gasteiger partial charge in [0.2, 0.25) is 18.1 Å². The molecule has 1 fully saturated rings. The van der Waals surface area contributed by atoms with E-state index < -0.39 is 23.2 Å². The maximum absolute atomic E-state index is 13.8. The van der Waals surface area contributed by atoms with Crippen molar-refractivity contribution in [3.63, 3.8) is 0 Å². The molecule has 3 aliphatic heterocycles. The fraction of sp³-hybridized carbons (Fsp3) is 0.464. The van der Waals surface area contributed by atoms with Crippen molar-refractivity contribution in [1.29, 1.82) is 0 Å². The number of anilines is 1. The number of hydrogen-bond acceptors (Lipinski definition) is 7. The molecule has 0 radical (unpaired) electrons. The standard InChI is InChI=1S/C26H25ClF3N7O4.C2H6/c27-17-11-16(26(28,29)30)1-2-18(17)32-20(39)12-36-19-13-41-25(5-7-31-8-6-25)21(19)23(40)37-24(36)33-22(34-37)15-3-9-35(14-38)10-4-15;1-2/h1-3,11,14,31H,4-10,12-13H2,(H,32,39);1-2H3. The van der Waals surface area contributed by atoms with E-state index >= 15 is 0 Å². The molecule has 2 N–H and O–H groups in total. The third-order valence-electron chi connectivity index (χ3n) is 7.75. The van der Waals surface area contributed by atoms with Crippen LogP contribution in [0.2, 0.25) is 5.02 Å². The van der Waals surface area contributed by atoms with Gasteiger partial charge in [-0.25, -0.2) is 0 Å². The fourth-order valence-electron chi connectivity index (χ4n) is 5.62. The van der Waals surface area contributed by atoms with Gasteiger partial charge in [0.15, 0.2) is 5.82 Å². The highest BCUT2D eigenvalue weighted by Crippen LogP contribution is 2.41. The average molecular weight is 622 g/mol. The van der Waals surface area contributed by atoms with E-state index in [1.165, 1.54) is 4.52 Å². The number of ether oxygens (including phenoxy) is 1. The summed E-state index contributed by atoms with van der Waals surface area (Å²) in [5.74, 6) is -0.143. The molecule has 2 aromatic heterocycles. The van der Waals surface area contributed by atoms with Gasteiger partial charge in [0.05, 0.1) is 34.1 Å². The molecule has 1 spiro atoms. The summed E-state index contributed by atoms with van der Waals surface area (Å²) in [5, 5.41) is 10.1. The Morgan fingerprint density at radius 1 is 1.26 bits per heavy atom. The lowest BCUT2D eigenvalue weighted by atomic mass is 9.86. The van der Waals surface area contributed by atoms with E-state index in [0.29, 0.717) is 62.5 Å². The monoisotopic (exact) mass is 621 g/mol. The van der Waals surface area contributed by atoms with Gasteiger partial charge in [-0.15, -0.1) is 5.10 Å². The van der Waals surface area contributed by atoms with Crippen LogP contribution in [0.1, 0.15) is 55.8 Å². The van der Waals surface area contributed by atoms with E-state index in [9.17, 15) is 27.6 Å². The SMILES string of the molecule is CC.O=CN1CC=C(c2nc3n(CC(=O)Nc4ccc(C(F)(F)F)cc4Cl)c4c(c(=O)n3n2)C2(CCNCC2)OC4)CC1. The second-order valence-electron chi connectivity index (χ2n) is 10.2. The summed E-state index contributed by atoms with van der Waals surface area (Å²) < 4.78 is 48.1. The fourth-order valence-corrected chi connectivity index (χ4v) is 5.85. The van der Waals surface area contributed by atoms with Crippen LogP contribution in [0.4, 0.5) is 18.9 Å². The van der Waals surface area contributed by atoms with Crippen molar-refractivity contribution in [3.05, 3.63) is 62.3 Å². The first-order valence-electron chi connectivity index (χ1n) is 14.0. The molecule has 2 amide bonds. The lowest BCUT2D eigenvalue weighted by Crippen LogP contribution is -2.43. The first-order valence-corrected chi connectivity index (χ1v) is 14.4. The smallest absolute Gasteiger partial charge is 0.364 e. The molecule has 6 rings (SSSR count). The Kier molecular flexibility index (Phi) is 8.63. The third kappa shape index (κ3) is 5.78. The second-order valence-corrected chi connectivity index (χ2v) is 10.6. The highest BCUT2D eigenvalue weighted by atomic mass is 35.5. The number of fused-ring (bicyclic) bond motifs is 3. The number of nitrogens with one attached hydrogen (secondary N) is 2.